The number of hydrogen-bond acceptors (Lipinski definition) is 5. The van der Waals surface area contributed by atoms with Crippen molar-refractivity contribution in [2.75, 3.05) is 5.32 Å². The monoisotopic (exact) mass is 475 g/mol. The summed E-state index contributed by atoms with van der Waals surface area (Å²) in [5.41, 5.74) is 4.41. The number of halogens is 1. The molecule has 5 aromatic rings. The number of thiophene rings is 1. The van der Waals surface area contributed by atoms with Crippen molar-refractivity contribution in [1.82, 2.24) is 19.7 Å². The van der Waals surface area contributed by atoms with Crippen molar-refractivity contribution in [3.63, 3.8) is 0 Å². The van der Waals surface area contributed by atoms with Gasteiger partial charge in [0.15, 0.2) is 5.69 Å². The van der Waals surface area contributed by atoms with E-state index in [1.54, 1.807) is 12.4 Å². The second kappa shape index (κ2) is 8.65. The van der Waals surface area contributed by atoms with Crippen molar-refractivity contribution in [2.45, 2.75) is 13.5 Å². The molecule has 0 bridgehead atoms. The summed E-state index contributed by atoms with van der Waals surface area (Å²) >= 11 is 7.39. The second-order valence-corrected chi connectivity index (χ2v) is 9.09. The van der Waals surface area contributed by atoms with Crippen molar-refractivity contribution in [3.8, 4) is 10.4 Å². The maximum absolute atomic E-state index is 12.4. The lowest BCUT2D eigenvalue weighted by Gasteiger charge is -2.07. The van der Waals surface area contributed by atoms with Crippen molar-refractivity contribution in [3.05, 3.63) is 99.3 Å². The van der Waals surface area contributed by atoms with Crippen molar-refractivity contribution in [1.29, 1.82) is 0 Å². The summed E-state index contributed by atoms with van der Waals surface area (Å²) in [5, 5.41) is 10.2. The summed E-state index contributed by atoms with van der Waals surface area (Å²) in [6.45, 7) is 2.42. The van der Waals surface area contributed by atoms with E-state index in [2.05, 4.69) is 20.5 Å². The van der Waals surface area contributed by atoms with Gasteiger partial charge in [-0.2, -0.15) is 10.1 Å². The smallest absolute Gasteiger partial charge is 0.290 e. The molecule has 3 heterocycles. The SMILES string of the molecule is Cc1cc(C(=O)Nc2ccc(-c3cc4c(s3)c(=O)ncn4Cc3ccc(Cl)cc3)cc2)n[nH]1. The number of benzene rings is 2. The average molecular weight is 476 g/mol. The molecule has 0 unspecified atom stereocenters. The Labute approximate surface area is 197 Å². The van der Waals surface area contributed by atoms with Crippen LogP contribution >= 0.6 is 22.9 Å². The highest BCUT2D eigenvalue weighted by Crippen LogP contribution is 2.32. The number of nitrogens with one attached hydrogen (secondary N) is 2. The van der Waals surface area contributed by atoms with Gasteiger partial charge in [0.25, 0.3) is 11.5 Å². The summed E-state index contributed by atoms with van der Waals surface area (Å²) in [6.07, 6.45) is 1.57. The second-order valence-electron chi connectivity index (χ2n) is 7.60. The van der Waals surface area contributed by atoms with Crippen molar-refractivity contribution < 1.29 is 4.79 Å². The Morgan fingerprint density at radius 3 is 2.58 bits per heavy atom. The fraction of sp³-hybridized carbons (Fsp3) is 0.0833. The topological polar surface area (TPSA) is 92.7 Å². The van der Waals surface area contributed by atoms with E-state index in [0.29, 0.717) is 27.6 Å². The number of H-pyrrole nitrogens is 1. The fourth-order valence-corrected chi connectivity index (χ4v) is 4.68. The van der Waals surface area contributed by atoms with E-state index in [0.717, 1.165) is 27.2 Å². The van der Waals surface area contributed by atoms with Crippen LogP contribution in [-0.2, 0) is 6.54 Å². The summed E-state index contributed by atoms with van der Waals surface area (Å²) in [5.74, 6) is -0.278. The maximum Gasteiger partial charge on any atom is 0.290 e. The molecule has 0 fully saturated rings. The molecule has 0 aliphatic heterocycles. The van der Waals surface area contributed by atoms with Gasteiger partial charge in [0.1, 0.15) is 4.70 Å². The standard InChI is InChI=1S/C24H18ClN5O2S/c1-14-10-19(29-28-14)23(31)27-18-8-4-16(5-9-18)21-11-20-22(33-21)24(32)26-13-30(20)12-15-2-6-17(25)7-3-15/h2-11,13H,12H2,1H3,(H,27,31)(H,28,29). The Morgan fingerprint density at radius 1 is 1.12 bits per heavy atom. The number of carbonyl (C=O) groups excluding carboxylic acids is 1. The third-order valence-corrected chi connectivity index (χ3v) is 6.58. The molecule has 5 rings (SSSR count). The van der Waals surface area contributed by atoms with Crippen LogP contribution in [0.3, 0.4) is 0 Å². The molecule has 33 heavy (non-hydrogen) atoms. The molecule has 0 saturated carbocycles. The molecule has 1 amide bonds. The molecule has 2 aromatic carbocycles. The van der Waals surface area contributed by atoms with E-state index >= 15 is 0 Å². The van der Waals surface area contributed by atoms with E-state index in [4.69, 9.17) is 11.6 Å². The van der Waals surface area contributed by atoms with Gasteiger partial charge in [0, 0.05) is 27.8 Å². The fourth-order valence-electron chi connectivity index (χ4n) is 3.49. The quantitative estimate of drug-likeness (QED) is 0.369. The van der Waals surface area contributed by atoms with Crippen LogP contribution < -0.4 is 10.9 Å². The summed E-state index contributed by atoms with van der Waals surface area (Å²) in [6, 6.07) is 18.8. The van der Waals surface area contributed by atoms with E-state index in [1.165, 1.54) is 11.3 Å². The highest BCUT2D eigenvalue weighted by atomic mass is 35.5. The molecule has 0 aliphatic carbocycles. The first kappa shape index (κ1) is 21.1. The van der Waals surface area contributed by atoms with Gasteiger partial charge in [0.05, 0.1) is 11.8 Å². The van der Waals surface area contributed by atoms with Crippen molar-refractivity contribution >= 4 is 44.7 Å². The van der Waals surface area contributed by atoms with E-state index < -0.39 is 0 Å². The first-order chi connectivity index (χ1) is 16.0. The maximum atomic E-state index is 12.4. The molecule has 0 atom stereocenters. The van der Waals surface area contributed by atoms with Gasteiger partial charge in [-0.05, 0) is 54.4 Å². The van der Waals surface area contributed by atoms with Gasteiger partial charge in [0.2, 0.25) is 0 Å². The minimum absolute atomic E-state index is 0.244. The average Bonchev–Trinajstić information content (AvgIpc) is 3.45. The largest absolute Gasteiger partial charge is 0.326 e. The van der Waals surface area contributed by atoms with Crippen LogP contribution in [0.15, 0.2) is 71.8 Å². The molecule has 0 aliphatic rings. The van der Waals surface area contributed by atoms with Gasteiger partial charge in [-0.15, -0.1) is 11.3 Å². The minimum Gasteiger partial charge on any atom is -0.326 e. The van der Waals surface area contributed by atoms with E-state index in [9.17, 15) is 9.59 Å². The van der Waals surface area contributed by atoms with Crippen molar-refractivity contribution in [2.24, 2.45) is 0 Å². The molecule has 3 aromatic heterocycles. The van der Waals surface area contributed by atoms with Gasteiger partial charge < -0.3 is 9.88 Å². The van der Waals surface area contributed by atoms with Crippen LogP contribution in [0, 0.1) is 6.92 Å². The van der Waals surface area contributed by atoms with Crippen LogP contribution in [0.25, 0.3) is 20.7 Å². The van der Waals surface area contributed by atoms with Crippen LogP contribution in [0.5, 0.6) is 0 Å². The predicted molar refractivity (Wildman–Crippen MR) is 131 cm³/mol. The number of carbonyl (C=O) groups is 1. The number of nitrogens with zero attached hydrogens (tertiary/aromatic N) is 3. The minimum atomic E-state index is -0.278. The number of aromatic nitrogens is 4. The summed E-state index contributed by atoms with van der Waals surface area (Å²) < 4.78 is 2.56. The van der Waals surface area contributed by atoms with Gasteiger partial charge in [-0.3, -0.25) is 14.7 Å². The van der Waals surface area contributed by atoms with E-state index in [-0.39, 0.29) is 11.5 Å². The van der Waals surface area contributed by atoms with E-state index in [1.807, 2.05) is 66.1 Å². The zero-order valence-corrected chi connectivity index (χ0v) is 19.1. The molecule has 0 spiro atoms. The number of rotatable bonds is 5. The number of aryl methyl sites for hydroxylation is 1. The third-order valence-electron chi connectivity index (χ3n) is 5.16. The molecule has 2 N–H and O–H groups in total. The number of fused-ring (bicyclic) bond motifs is 1. The number of aromatic amines is 1. The molecular formula is C24H18ClN5O2S. The first-order valence-corrected chi connectivity index (χ1v) is 11.3. The van der Waals surface area contributed by atoms with Gasteiger partial charge in [-0.25, -0.2) is 0 Å². The number of amides is 1. The molecule has 0 saturated heterocycles. The normalized spacial score (nSPS) is 11.1. The Hall–Kier alpha value is -3.75. The molecule has 0 radical (unpaired) electrons. The lowest BCUT2D eigenvalue weighted by atomic mass is 10.1. The summed E-state index contributed by atoms with van der Waals surface area (Å²) in [4.78, 5) is 29.7. The lowest BCUT2D eigenvalue weighted by molar-refractivity contribution is 0.102. The van der Waals surface area contributed by atoms with Crippen LogP contribution in [0.4, 0.5) is 5.69 Å². The highest BCUT2D eigenvalue weighted by Gasteiger charge is 2.13. The zero-order chi connectivity index (χ0) is 22.9. The number of hydrogen-bond donors (Lipinski definition) is 2. The lowest BCUT2D eigenvalue weighted by Crippen LogP contribution is -2.12. The third kappa shape index (κ3) is 4.44. The Bertz CT molecular complexity index is 1520. The molecule has 7 nitrogen and oxygen atoms in total. The Kier molecular flexibility index (Phi) is 5.53. The van der Waals surface area contributed by atoms with Gasteiger partial charge in [-0.1, -0.05) is 35.9 Å². The zero-order valence-electron chi connectivity index (χ0n) is 17.5. The molecule has 9 heteroatoms. The van der Waals surface area contributed by atoms with Crippen LogP contribution in [0.1, 0.15) is 21.7 Å². The van der Waals surface area contributed by atoms with Crippen LogP contribution in [-0.4, -0.2) is 25.7 Å². The highest BCUT2D eigenvalue weighted by molar-refractivity contribution is 7.22. The Morgan fingerprint density at radius 2 is 1.88 bits per heavy atom. The van der Waals surface area contributed by atoms with Crippen LogP contribution in [0.2, 0.25) is 5.02 Å². The first-order valence-electron chi connectivity index (χ1n) is 10.1. The summed E-state index contributed by atoms with van der Waals surface area (Å²) in [7, 11) is 0. The predicted octanol–water partition coefficient (Wildman–Crippen LogP) is 5.11. The Balaban J connectivity index is 1.41. The molecule has 164 valence electrons. The number of anilines is 1. The van der Waals surface area contributed by atoms with Gasteiger partial charge >= 0.3 is 0 Å². The molecular weight excluding hydrogens is 458 g/mol.